The number of nitriles is 1. The molecular weight excluding hydrogens is 248 g/mol. The molecule has 0 radical (unpaired) electrons. The van der Waals surface area contributed by atoms with Gasteiger partial charge >= 0.3 is 0 Å². The number of fused-ring (bicyclic) bond motifs is 1. The minimum absolute atomic E-state index is 0.551. The van der Waals surface area contributed by atoms with Crippen LogP contribution >= 0.6 is 11.6 Å². The molecule has 5 heteroatoms. The molecule has 86 valence electrons. The van der Waals surface area contributed by atoms with E-state index in [0.717, 1.165) is 5.56 Å². The second-order valence-corrected chi connectivity index (χ2v) is 4.21. The smallest absolute Gasteiger partial charge is 0.182 e. The second-order valence-electron chi connectivity index (χ2n) is 3.77. The summed E-state index contributed by atoms with van der Waals surface area (Å²) in [6, 6.07) is 12.9. The summed E-state index contributed by atoms with van der Waals surface area (Å²) in [6.07, 6.45) is 1.65. The van der Waals surface area contributed by atoms with Crippen molar-refractivity contribution in [2.24, 2.45) is 0 Å². The largest absolute Gasteiger partial charge is 0.219 e. The molecule has 0 aliphatic rings. The van der Waals surface area contributed by atoms with E-state index in [4.69, 9.17) is 16.9 Å². The van der Waals surface area contributed by atoms with Crippen LogP contribution in [0.25, 0.3) is 17.0 Å². The van der Waals surface area contributed by atoms with Crippen molar-refractivity contribution in [3.05, 3.63) is 53.2 Å². The molecular formula is C13H7ClN4. The molecule has 0 atom stereocenters. The maximum absolute atomic E-state index is 8.83. The van der Waals surface area contributed by atoms with Gasteiger partial charge in [0.15, 0.2) is 11.5 Å². The number of hydrogen-bond acceptors (Lipinski definition) is 3. The maximum atomic E-state index is 8.83. The molecule has 0 N–H and O–H groups in total. The van der Waals surface area contributed by atoms with Gasteiger partial charge in [-0.2, -0.15) is 5.26 Å². The van der Waals surface area contributed by atoms with Gasteiger partial charge in [0.25, 0.3) is 0 Å². The zero-order chi connectivity index (χ0) is 12.5. The standard InChI is InChI=1S/C13H7ClN4/c14-11-4-2-10(3-5-11)13-16-12-6-1-9(7-15)8-18(12)17-13/h1-6,8H. The first-order chi connectivity index (χ1) is 8.76. The van der Waals surface area contributed by atoms with Crippen LogP contribution in [0.2, 0.25) is 5.02 Å². The molecule has 2 aromatic heterocycles. The fourth-order valence-corrected chi connectivity index (χ4v) is 1.80. The van der Waals surface area contributed by atoms with Crippen molar-refractivity contribution in [1.82, 2.24) is 14.6 Å². The van der Waals surface area contributed by atoms with Gasteiger partial charge in [-0.3, -0.25) is 0 Å². The van der Waals surface area contributed by atoms with Gasteiger partial charge in [0, 0.05) is 16.8 Å². The number of nitrogens with zero attached hydrogens (tertiary/aromatic N) is 4. The maximum Gasteiger partial charge on any atom is 0.182 e. The van der Waals surface area contributed by atoms with Crippen LogP contribution in [0.5, 0.6) is 0 Å². The monoisotopic (exact) mass is 254 g/mol. The Labute approximate surface area is 108 Å². The first-order valence-corrected chi connectivity index (χ1v) is 5.66. The van der Waals surface area contributed by atoms with Gasteiger partial charge in [-0.25, -0.2) is 9.50 Å². The van der Waals surface area contributed by atoms with E-state index in [9.17, 15) is 0 Å². The van der Waals surface area contributed by atoms with Gasteiger partial charge in [0.05, 0.1) is 5.56 Å². The highest BCUT2D eigenvalue weighted by Gasteiger charge is 2.06. The van der Waals surface area contributed by atoms with E-state index in [-0.39, 0.29) is 0 Å². The third-order valence-corrected chi connectivity index (χ3v) is 2.81. The summed E-state index contributed by atoms with van der Waals surface area (Å²) in [7, 11) is 0. The van der Waals surface area contributed by atoms with Crippen LogP contribution in [0.15, 0.2) is 42.6 Å². The van der Waals surface area contributed by atoms with E-state index < -0.39 is 0 Å². The summed E-state index contributed by atoms with van der Waals surface area (Å²) in [5.41, 5.74) is 2.15. The molecule has 4 nitrogen and oxygen atoms in total. The van der Waals surface area contributed by atoms with Crippen molar-refractivity contribution in [2.75, 3.05) is 0 Å². The Hall–Kier alpha value is -2.38. The van der Waals surface area contributed by atoms with Crippen molar-refractivity contribution in [3.63, 3.8) is 0 Å². The van der Waals surface area contributed by atoms with Gasteiger partial charge in [-0.05, 0) is 36.4 Å². The molecule has 1 aromatic carbocycles. The van der Waals surface area contributed by atoms with Crippen LogP contribution in [0.4, 0.5) is 0 Å². The Balaban J connectivity index is 2.13. The van der Waals surface area contributed by atoms with E-state index >= 15 is 0 Å². The lowest BCUT2D eigenvalue weighted by Gasteiger charge is -1.93. The Bertz CT molecular complexity index is 753. The van der Waals surface area contributed by atoms with Crippen LogP contribution < -0.4 is 0 Å². The molecule has 0 amide bonds. The molecule has 0 fully saturated rings. The van der Waals surface area contributed by atoms with Gasteiger partial charge in [-0.1, -0.05) is 11.6 Å². The highest BCUT2D eigenvalue weighted by atomic mass is 35.5. The summed E-state index contributed by atoms with van der Waals surface area (Å²) < 4.78 is 1.60. The lowest BCUT2D eigenvalue weighted by atomic mass is 10.2. The number of pyridine rings is 1. The predicted octanol–water partition coefficient (Wildman–Crippen LogP) is 2.92. The minimum Gasteiger partial charge on any atom is -0.219 e. The van der Waals surface area contributed by atoms with Crippen LogP contribution in [-0.4, -0.2) is 14.6 Å². The molecule has 2 heterocycles. The van der Waals surface area contributed by atoms with E-state index in [0.29, 0.717) is 22.1 Å². The van der Waals surface area contributed by atoms with Crippen molar-refractivity contribution >= 4 is 17.2 Å². The summed E-state index contributed by atoms with van der Waals surface area (Å²) >= 11 is 5.84. The first-order valence-electron chi connectivity index (χ1n) is 5.29. The third-order valence-electron chi connectivity index (χ3n) is 2.56. The average Bonchev–Trinajstić information content (AvgIpc) is 2.82. The van der Waals surface area contributed by atoms with Crippen LogP contribution in [0.3, 0.4) is 0 Å². The van der Waals surface area contributed by atoms with E-state index in [2.05, 4.69) is 16.2 Å². The topological polar surface area (TPSA) is 54.0 Å². The molecule has 3 aromatic rings. The van der Waals surface area contributed by atoms with Gasteiger partial charge < -0.3 is 0 Å². The molecule has 0 aliphatic heterocycles. The number of hydrogen-bond donors (Lipinski definition) is 0. The van der Waals surface area contributed by atoms with E-state index in [1.807, 2.05) is 12.1 Å². The fraction of sp³-hybridized carbons (Fsp3) is 0. The van der Waals surface area contributed by atoms with Crippen molar-refractivity contribution in [2.45, 2.75) is 0 Å². The van der Waals surface area contributed by atoms with Crippen molar-refractivity contribution in [3.8, 4) is 17.5 Å². The Kier molecular flexibility index (Phi) is 2.47. The summed E-state index contributed by atoms with van der Waals surface area (Å²) in [5.74, 6) is 0.613. The predicted molar refractivity (Wildman–Crippen MR) is 68.1 cm³/mol. The molecule has 0 unspecified atom stereocenters. The zero-order valence-electron chi connectivity index (χ0n) is 9.21. The Morgan fingerprint density at radius 1 is 1.11 bits per heavy atom. The van der Waals surface area contributed by atoms with Crippen LogP contribution in [-0.2, 0) is 0 Å². The Morgan fingerprint density at radius 3 is 2.61 bits per heavy atom. The normalized spacial score (nSPS) is 10.4. The lowest BCUT2D eigenvalue weighted by molar-refractivity contribution is 0.962. The van der Waals surface area contributed by atoms with E-state index in [1.54, 1.807) is 35.0 Å². The van der Waals surface area contributed by atoms with E-state index in [1.165, 1.54) is 0 Å². The number of aromatic nitrogens is 3. The minimum atomic E-state index is 0.551. The van der Waals surface area contributed by atoms with Crippen molar-refractivity contribution in [1.29, 1.82) is 5.26 Å². The SMILES string of the molecule is N#Cc1ccc2nc(-c3ccc(Cl)cc3)nn2c1. The molecule has 0 saturated heterocycles. The third kappa shape index (κ3) is 1.81. The Morgan fingerprint density at radius 2 is 1.89 bits per heavy atom. The highest BCUT2D eigenvalue weighted by molar-refractivity contribution is 6.30. The van der Waals surface area contributed by atoms with Crippen molar-refractivity contribution < 1.29 is 0 Å². The number of rotatable bonds is 1. The molecule has 3 rings (SSSR count). The molecule has 0 spiro atoms. The molecule has 0 bridgehead atoms. The summed E-state index contributed by atoms with van der Waals surface area (Å²) in [6.45, 7) is 0. The molecule has 0 aliphatic carbocycles. The fourth-order valence-electron chi connectivity index (χ4n) is 1.67. The van der Waals surface area contributed by atoms with Gasteiger partial charge in [0.1, 0.15) is 6.07 Å². The molecule has 0 saturated carbocycles. The quantitative estimate of drug-likeness (QED) is 0.671. The van der Waals surface area contributed by atoms with Gasteiger partial charge in [0.2, 0.25) is 0 Å². The first kappa shape index (κ1) is 10.8. The number of halogens is 1. The van der Waals surface area contributed by atoms with Crippen LogP contribution in [0, 0.1) is 11.3 Å². The second kappa shape index (κ2) is 4.13. The van der Waals surface area contributed by atoms with Crippen LogP contribution in [0.1, 0.15) is 5.56 Å². The highest BCUT2D eigenvalue weighted by Crippen LogP contribution is 2.19. The lowest BCUT2D eigenvalue weighted by Crippen LogP contribution is -1.88. The summed E-state index contributed by atoms with van der Waals surface area (Å²) in [4.78, 5) is 4.39. The number of benzene rings is 1. The zero-order valence-corrected chi connectivity index (χ0v) is 9.96. The molecule has 18 heavy (non-hydrogen) atoms. The van der Waals surface area contributed by atoms with Gasteiger partial charge in [-0.15, -0.1) is 5.10 Å². The summed E-state index contributed by atoms with van der Waals surface area (Å²) in [5, 5.41) is 13.8. The average molecular weight is 255 g/mol.